The van der Waals surface area contributed by atoms with Gasteiger partial charge in [0.05, 0.1) is 17.7 Å². The zero-order valence-electron chi connectivity index (χ0n) is 16.2. The standard InChI is InChI=1S/C23H20N2O4/c1-15(2)17-9-7-16(8-10-17)13-18(14-24)23(28)29-12-11-25-21(26)19-5-3-4-6-20(19)22(25)27/h3-10,13,15H,11-12H2,1-2H3/b18-13+. The van der Waals surface area contributed by atoms with Gasteiger partial charge in [-0.25, -0.2) is 4.79 Å². The van der Waals surface area contributed by atoms with Gasteiger partial charge in [-0.1, -0.05) is 50.2 Å². The van der Waals surface area contributed by atoms with Gasteiger partial charge in [0.1, 0.15) is 18.2 Å². The fourth-order valence-corrected chi connectivity index (χ4v) is 3.03. The summed E-state index contributed by atoms with van der Waals surface area (Å²) in [6.07, 6.45) is 1.45. The summed E-state index contributed by atoms with van der Waals surface area (Å²) in [7, 11) is 0. The smallest absolute Gasteiger partial charge is 0.348 e. The number of rotatable bonds is 6. The van der Waals surface area contributed by atoms with Crippen LogP contribution in [0.25, 0.3) is 6.08 Å². The Kier molecular flexibility index (Phi) is 5.89. The van der Waals surface area contributed by atoms with E-state index in [1.54, 1.807) is 24.3 Å². The van der Waals surface area contributed by atoms with Crippen molar-refractivity contribution in [1.29, 1.82) is 5.26 Å². The number of fused-ring (bicyclic) bond motifs is 1. The normalized spacial score (nSPS) is 13.4. The van der Waals surface area contributed by atoms with Crippen LogP contribution in [0.1, 0.15) is 51.6 Å². The number of imide groups is 1. The highest BCUT2D eigenvalue weighted by Crippen LogP contribution is 2.22. The summed E-state index contributed by atoms with van der Waals surface area (Å²) in [5.41, 5.74) is 2.40. The Balaban J connectivity index is 1.60. The van der Waals surface area contributed by atoms with E-state index in [0.29, 0.717) is 22.6 Å². The van der Waals surface area contributed by atoms with Crippen molar-refractivity contribution in [2.45, 2.75) is 19.8 Å². The van der Waals surface area contributed by atoms with E-state index in [9.17, 15) is 19.6 Å². The molecule has 0 N–H and O–H groups in total. The molecule has 3 rings (SSSR count). The summed E-state index contributed by atoms with van der Waals surface area (Å²) >= 11 is 0. The van der Waals surface area contributed by atoms with E-state index in [-0.39, 0.29) is 18.7 Å². The number of hydrogen-bond acceptors (Lipinski definition) is 5. The SMILES string of the molecule is CC(C)c1ccc(/C=C(\C#N)C(=O)OCCN2C(=O)c3ccccc3C2=O)cc1. The summed E-state index contributed by atoms with van der Waals surface area (Å²) in [6.45, 7) is 3.91. The van der Waals surface area contributed by atoms with Crippen LogP contribution in [-0.2, 0) is 9.53 Å². The molecule has 6 nitrogen and oxygen atoms in total. The third-order valence-electron chi connectivity index (χ3n) is 4.68. The molecule has 1 aliphatic heterocycles. The Morgan fingerprint density at radius 1 is 1.07 bits per heavy atom. The molecular formula is C23H20N2O4. The minimum atomic E-state index is -0.794. The van der Waals surface area contributed by atoms with Gasteiger partial charge in [0.25, 0.3) is 11.8 Å². The lowest BCUT2D eigenvalue weighted by atomic mass is 10.0. The highest BCUT2D eigenvalue weighted by Gasteiger charge is 2.34. The van der Waals surface area contributed by atoms with Crippen molar-refractivity contribution in [3.63, 3.8) is 0 Å². The van der Waals surface area contributed by atoms with Crippen LogP contribution in [0.4, 0.5) is 0 Å². The van der Waals surface area contributed by atoms with E-state index in [4.69, 9.17) is 4.74 Å². The van der Waals surface area contributed by atoms with Gasteiger partial charge < -0.3 is 4.74 Å². The van der Waals surface area contributed by atoms with Crippen molar-refractivity contribution in [1.82, 2.24) is 4.90 Å². The summed E-state index contributed by atoms with van der Waals surface area (Å²) in [5, 5.41) is 9.28. The average molecular weight is 388 g/mol. The Hall–Kier alpha value is -3.72. The molecule has 0 radical (unpaired) electrons. The molecule has 0 aliphatic carbocycles. The van der Waals surface area contributed by atoms with Gasteiger partial charge in [-0.05, 0) is 35.3 Å². The van der Waals surface area contributed by atoms with Crippen LogP contribution in [0, 0.1) is 11.3 Å². The number of benzene rings is 2. The third kappa shape index (κ3) is 4.25. The van der Waals surface area contributed by atoms with Gasteiger partial charge in [-0.3, -0.25) is 14.5 Å². The molecule has 1 heterocycles. The van der Waals surface area contributed by atoms with Crippen molar-refractivity contribution in [2.75, 3.05) is 13.2 Å². The van der Waals surface area contributed by atoms with Crippen molar-refractivity contribution >= 4 is 23.9 Å². The second-order valence-electron chi connectivity index (χ2n) is 6.93. The molecule has 0 aromatic heterocycles. The second kappa shape index (κ2) is 8.53. The van der Waals surface area contributed by atoms with Gasteiger partial charge in [-0.2, -0.15) is 5.26 Å². The summed E-state index contributed by atoms with van der Waals surface area (Å²) in [6, 6.07) is 15.9. The van der Waals surface area contributed by atoms with E-state index in [0.717, 1.165) is 10.5 Å². The second-order valence-corrected chi connectivity index (χ2v) is 6.93. The maximum atomic E-state index is 12.3. The number of carbonyl (C=O) groups is 3. The number of ether oxygens (including phenoxy) is 1. The van der Waals surface area contributed by atoms with Crippen LogP contribution in [0.5, 0.6) is 0 Å². The summed E-state index contributed by atoms with van der Waals surface area (Å²) in [4.78, 5) is 37.8. The molecule has 6 heteroatoms. The number of nitrogens with zero attached hydrogens (tertiary/aromatic N) is 2. The van der Waals surface area contributed by atoms with Gasteiger partial charge in [-0.15, -0.1) is 0 Å². The Morgan fingerprint density at radius 3 is 2.17 bits per heavy atom. The van der Waals surface area contributed by atoms with Crippen LogP contribution in [0.3, 0.4) is 0 Å². The first-order valence-corrected chi connectivity index (χ1v) is 9.26. The fraction of sp³-hybridized carbons (Fsp3) is 0.217. The lowest BCUT2D eigenvalue weighted by Crippen LogP contribution is -2.33. The number of amides is 2. The molecule has 0 bridgehead atoms. The Bertz CT molecular complexity index is 995. The molecular weight excluding hydrogens is 368 g/mol. The Labute approximate surface area is 169 Å². The number of carbonyl (C=O) groups excluding carboxylic acids is 3. The molecule has 2 aromatic carbocycles. The zero-order chi connectivity index (χ0) is 21.0. The quantitative estimate of drug-likeness (QED) is 0.327. The molecule has 0 fully saturated rings. The minimum Gasteiger partial charge on any atom is -0.460 e. The molecule has 2 amide bonds. The van der Waals surface area contributed by atoms with Crippen molar-refractivity contribution < 1.29 is 19.1 Å². The Morgan fingerprint density at radius 2 is 1.66 bits per heavy atom. The lowest BCUT2D eigenvalue weighted by Gasteiger charge is -2.13. The van der Waals surface area contributed by atoms with Gasteiger partial charge >= 0.3 is 5.97 Å². The average Bonchev–Trinajstić information content (AvgIpc) is 2.97. The third-order valence-corrected chi connectivity index (χ3v) is 4.68. The zero-order valence-corrected chi connectivity index (χ0v) is 16.2. The first kappa shape index (κ1) is 20.0. The predicted molar refractivity (Wildman–Crippen MR) is 107 cm³/mol. The van der Waals surface area contributed by atoms with E-state index < -0.39 is 17.8 Å². The first-order valence-electron chi connectivity index (χ1n) is 9.26. The summed E-state index contributed by atoms with van der Waals surface area (Å²) in [5.74, 6) is -1.24. The molecule has 1 aliphatic rings. The van der Waals surface area contributed by atoms with Crippen molar-refractivity contribution in [3.8, 4) is 6.07 Å². The lowest BCUT2D eigenvalue weighted by molar-refractivity contribution is -0.138. The molecule has 146 valence electrons. The topological polar surface area (TPSA) is 87.5 Å². The highest BCUT2D eigenvalue weighted by atomic mass is 16.5. The van der Waals surface area contributed by atoms with E-state index in [1.165, 1.54) is 6.08 Å². The van der Waals surface area contributed by atoms with Gasteiger partial charge in [0.2, 0.25) is 0 Å². The molecule has 0 spiro atoms. The van der Waals surface area contributed by atoms with Gasteiger partial charge in [0, 0.05) is 0 Å². The first-order chi connectivity index (χ1) is 13.9. The summed E-state index contributed by atoms with van der Waals surface area (Å²) < 4.78 is 5.11. The maximum Gasteiger partial charge on any atom is 0.348 e. The molecule has 0 saturated heterocycles. The van der Waals surface area contributed by atoms with Gasteiger partial charge in [0.15, 0.2) is 0 Å². The number of nitriles is 1. The monoisotopic (exact) mass is 388 g/mol. The highest BCUT2D eigenvalue weighted by molar-refractivity contribution is 6.21. The van der Waals surface area contributed by atoms with Crippen LogP contribution in [-0.4, -0.2) is 35.8 Å². The largest absolute Gasteiger partial charge is 0.460 e. The number of hydrogen-bond donors (Lipinski definition) is 0. The molecule has 0 atom stereocenters. The van der Waals surface area contributed by atoms with Crippen molar-refractivity contribution in [2.24, 2.45) is 0 Å². The molecule has 0 saturated carbocycles. The van der Waals surface area contributed by atoms with Crippen molar-refractivity contribution in [3.05, 3.63) is 76.4 Å². The van der Waals surface area contributed by atoms with Crippen LogP contribution < -0.4 is 0 Å². The van der Waals surface area contributed by atoms with Crippen LogP contribution >= 0.6 is 0 Å². The molecule has 0 unspecified atom stereocenters. The maximum absolute atomic E-state index is 12.3. The van der Waals surface area contributed by atoms with E-state index in [2.05, 4.69) is 13.8 Å². The van der Waals surface area contributed by atoms with Crippen LogP contribution in [0.2, 0.25) is 0 Å². The molecule has 2 aromatic rings. The van der Waals surface area contributed by atoms with E-state index in [1.807, 2.05) is 30.3 Å². The van der Waals surface area contributed by atoms with Crippen LogP contribution in [0.15, 0.2) is 54.1 Å². The minimum absolute atomic E-state index is 0.0696. The van der Waals surface area contributed by atoms with E-state index >= 15 is 0 Å². The fourth-order valence-electron chi connectivity index (χ4n) is 3.03. The number of esters is 1. The predicted octanol–water partition coefficient (Wildman–Crippen LogP) is 3.56. The molecule has 29 heavy (non-hydrogen) atoms.